The summed E-state index contributed by atoms with van der Waals surface area (Å²) in [7, 11) is -3.73. The van der Waals surface area contributed by atoms with E-state index in [2.05, 4.69) is 22.6 Å². The fourth-order valence-corrected chi connectivity index (χ4v) is 3.97. The molecule has 1 N–H and O–H groups in total. The zero-order valence-electron chi connectivity index (χ0n) is 12.2. The topological polar surface area (TPSA) is 74.7 Å². The first-order chi connectivity index (χ1) is 10.9. The molecule has 0 aliphatic rings. The third-order valence-electron chi connectivity index (χ3n) is 3.20. The Bertz CT molecular complexity index is 760. The van der Waals surface area contributed by atoms with Gasteiger partial charge in [-0.2, -0.15) is 0 Å². The SMILES string of the molecule is O=C(O)CCCN(c1ccc(I)cc1)S(=O)(=O)c1ccccc1. The van der Waals surface area contributed by atoms with Crippen LogP contribution in [0.25, 0.3) is 0 Å². The van der Waals surface area contributed by atoms with E-state index in [1.807, 2.05) is 12.1 Å². The van der Waals surface area contributed by atoms with Gasteiger partial charge in [0.25, 0.3) is 10.0 Å². The molecule has 0 fully saturated rings. The van der Waals surface area contributed by atoms with Crippen LogP contribution >= 0.6 is 22.6 Å². The van der Waals surface area contributed by atoms with Crippen LogP contribution in [0, 0.1) is 3.57 Å². The van der Waals surface area contributed by atoms with Crippen molar-refractivity contribution in [1.82, 2.24) is 0 Å². The number of halogens is 1. The van der Waals surface area contributed by atoms with Crippen molar-refractivity contribution < 1.29 is 18.3 Å². The number of carbonyl (C=O) groups is 1. The summed E-state index contributed by atoms with van der Waals surface area (Å²) < 4.78 is 28.0. The fraction of sp³-hybridized carbons (Fsp3) is 0.188. The molecule has 2 rings (SSSR count). The Morgan fingerprint density at radius 3 is 2.22 bits per heavy atom. The van der Waals surface area contributed by atoms with Gasteiger partial charge in [-0.05, 0) is 65.4 Å². The second-order valence-corrected chi connectivity index (χ2v) is 7.97. The standard InChI is InChI=1S/C16H16INO4S/c17-13-8-10-14(11-9-13)18(12-4-7-16(19)20)23(21,22)15-5-2-1-3-6-15/h1-3,5-6,8-11H,4,7,12H2,(H,19,20). The van der Waals surface area contributed by atoms with Crippen molar-refractivity contribution in [3.8, 4) is 0 Å². The van der Waals surface area contributed by atoms with Crippen LogP contribution in [0.1, 0.15) is 12.8 Å². The van der Waals surface area contributed by atoms with Gasteiger partial charge in [0.1, 0.15) is 0 Å². The van der Waals surface area contributed by atoms with E-state index in [9.17, 15) is 13.2 Å². The highest BCUT2D eigenvalue weighted by Gasteiger charge is 2.24. The molecule has 5 nitrogen and oxygen atoms in total. The van der Waals surface area contributed by atoms with Crippen LogP contribution in [0.15, 0.2) is 59.5 Å². The van der Waals surface area contributed by atoms with Gasteiger partial charge in [-0.3, -0.25) is 9.10 Å². The van der Waals surface area contributed by atoms with E-state index in [0.29, 0.717) is 5.69 Å². The van der Waals surface area contributed by atoms with E-state index in [0.717, 1.165) is 3.57 Å². The Kier molecular flexibility index (Phi) is 6.00. The highest BCUT2D eigenvalue weighted by atomic mass is 127. The average Bonchev–Trinajstić information content (AvgIpc) is 2.53. The van der Waals surface area contributed by atoms with Gasteiger partial charge in [-0.15, -0.1) is 0 Å². The van der Waals surface area contributed by atoms with Gasteiger partial charge in [-0.1, -0.05) is 18.2 Å². The summed E-state index contributed by atoms with van der Waals surface area (Å²) in [5.74, 6) is -0.940. The van der Waals surface area contributed by atoms with E-state index >= 15 is 0 Å². The van der Waals surface area contributed by atoms with Crippen molar-refractivity contribution in [3.05, 3.63) is 58.2 Å². The Hall–Kier alpha value is -1.61. The fourth-order valence-electron chi connectivity index (χ4n) is 2.09. The molecule has 2 aromatic carbocycles. The Morgan fingerprint density at radius 1 is 1.04 bits per heavy atom. The number of sulfonamides is 1. The number of rotatable bonds is 7. The molecule has 0 saturated heterocycles. The maximum absolute atomic E-state index is 12.9. The molecular weight excluding hydrogens is 429 g/mol. The number of nitrogens with zero attached hydrogens (tertiary/aromatic N) is 1. The number of carboxylic acids is 1. The molecule has 0 heterocycles. The average molecular weight is 445 g/mol. The van der Waals surface area contributed by atoms with Crippen LogP contribution in [0.5, 0.6) is 0 Å². The minimum absolute atomic E-state index is 0.0782. The second kappa shape index (κ2) is 7.78. The molecule has 0 atom stereocenters. The first-order valence-electron chi connectivity index (χ1n) is 6.96. The van der Waals surface area contributed by atoms with Gasteiger partial charge >= 0.3 is 5.97 Å². The van der Waals surface area contributed by atoms with Gasteiger partial charge in [0.15, 0.2) is 0 Å². The van der Waals surface area contributed by atoms with Crippen molar-refractivity contribution in [2.24, 2.45) is 0 Å². The largest absolute Gasteiger partial charge is 0.481 e. The summed E-state index contributed by atoms with van der Waals surface area (Å²) in [5.41, 5.74) is 0.527. The van der Waals surface area contributed by atoms with Crippen LogP contribution in [-0.4, -0.2) is 26.0 Å². The van der Waals surface area contributed by atoms with Gasteiger partial charge in [0, 0.05) is 16.5 Å². The lowest BCUT2D eigenvalue weighted by atomic mass is 10.3. The van der Waals surface area contributed by atoms with Crippen molar-refractivity contribution in [3.63, 3.8) is 0 Å². The van der Waals surface area contributed by atoms with Gasteiger partial charge in [0.2, 0.25) is 0 Å². The molecular formula is C16H16INO4S. The molecule has 122 valence electrons. The van der Waals surface area contributed by atoms with Crippen LogP contribution in [-0.2, 0) is 14.8 Å². The molecule has 0 aromatic heterocycles. The maximum Gasteiger partial charge on any atom is 0.303 e. The molecule has 0 amide bonds. The second-order valence-electron chi connectivity index (χ2n) is 4.86. The van der Waals surface area contributed by atoms with E-state index in [1.165, 1.54) is 16.4 Å². The van der Waals surface area contributed by atoms with Crippen LogP contribution in [0.4, 0.5) is 5.69 Å². The summed E-state index contributed by atoms with van der Waals surface area (Å²) in [5, 5.41) is 8.78. The lowest BCUT2D eigenvalue weighted by Crippen LogP contribution is -2.32. The predicted molar refractivity (Wildman–Crippen MR) is 97.0 cm³/mol. The first-order valence-corrected chi connectivity index (χ1v) is 9.48. The molecule has 23 heavy (non-hydrogen) atoms. The number of anilines is 1. The molecule has 2 aromatic rings. The quantitative estimate of drug-likeness (QED) is 0.664. The minimum atomic E-state index is -3.73. The van der Waals surface area contributed by atoms with Crippen molar-refractivity contribution >= 4 is 44.3 Å². The van der Waals surface area contributed by atoms with Crippen LogP contribution in [0.3, 0.4) is 0 Å². The third kappa shape index (κ3) is 4.68. The number of hydrogen-bond donors (Lipinski definition) is 1. The molecule has 0 unspecified atom stereocenters. The Labute approximate surface area is 149 Å². The molecule has 7 heteroatoms. The number of carboxylic acid groups (broad SMARTS) is 1. The summed E-state index contributed by atoms with van der Waals surface area (Å²) in [4.78, 5) is 10.9. The van der Waals surface area contributed by atoms with Crippen molar-refractivity contribution in [2.75, 3.05) is 10.8 Å². The number of hydrogen-bond acceptors (Lipinski definition) is 3. The van der Waals surface area contributed by atoms with Gasteiger partial charge in [-0.25, -0.2) is 8.42 Å². The van der Waals surface area contributed by atoms with E-state index in [1.54, 1.807) is 30.3 Å². The van der Waals surface area contributed by atoms with E-state index in [4.69, 9.17) is 5.11 Å². The normalized spacial score (nSPS) is 11.2. The molecule has 0 aliphatic carbocycles. The van der Waals surface area contributed by atoms with Crippen molar-refractivity contribution in [2.45, 2.75) is 17.7 Å². The monoisotopic (exact) mass is 445 g/mol. The zero-order chi connectivity index (χ0) is 16.9. The molecule has 0 bridgehead atoms. The molecule has 0 saturated carbocycles. The number of benzene rings is 2. The third-order valence-corrected chi connectivity index (χ3v) is 5.76. The van der Waals surface area contributed by atoms with Crippen LogP contribution in [0.2, 0.25) is 0 Å². The highest BCUT2D eigenvalue weighted by Crippen LogP contribution is 2.25. The first kappa shape index (κ1) is 17.7. The van der Waals surface area contributed by atoms with Gasteiger partial charge in [0.05, 0.1) is 10.6 Å². The van der Waals surface area contributed by atoms with Crippen LogP contribution < -0.4 is 4.31 Å². The Balaban J connectivity index is 2.36. The predicted octanol–water partition coefficient (Wildman–Crippen LogP) is 3.35. The van der Waals surface area contributed by atoms with Gasteiger partial charge < -0.3 is 5.11 Å². The lowest BCUT2D eigenvalue weighted by molar-refractivity contribution is -0.137. The Morgan fingerprint density at radius 2 is 1.65 bits per heavy atom. The van der Waals surface area contributed by atoms with Crippen molar-refractivity contribution in [1.29, 1.82) is 0 Å². The summed E-state index contributed by atoms with van der Waals surface area (Å²) >= 11 is 2.14. The number of aliphatic carboxylic acids is 1. The summed E-state index contributed by atoms with van der Waals surface area (Å²) in [6, 6.07) is 15.2. The molecule has 0 spiro atoms. The summed E-state index contributed by atoms with van der Waals surface area (Å²) in [6.07, 6.45) is 0.165. The minimum Gasteiger partial charge on any atom is -0.481 e. The molecule has 0 aliphatic heterocycles. The highest BCUT2D eigenvalue weighted by molar-refractivity contribution is 14.1. The lowest BCUT2D eigenvalue weighted by Gasteiger charge is -2.24. The summed E-state index contributed by atoms with van der Waals surface area (Å²) in [6.45, 7) is 0.115. The molecule has 0 radical (unpaired) electrons. The zero-order valence-corrected chi connectivity index (χ0v) is 15.2. The smallest absolute Gasteiger partial charge is 0.303 e. The van der Waals surface area contributed by atoms with E-state index < -0.39 is 16.0 Å². The van der Waals surface area contributed by atoms with E-state index in [-0.39, 0.29) is 24.3 Å². The maximum atomic E-state index is 12.9.